The second-order valence-corrected chi connectivity index (χ2v) is 11.1. The Labute approximate surface area is 253 Å². The zero-order chi connectivity index (χ0) is 30.0. The molecule has 0 spiro atoms. The van der Waals surface area contributed by atoms with Crippen LogP contribution < -0.4 is 10.6 Å². The third kappa shape index (κ3) is 8.49. The number of hydrogen-bond acceptors (Lipinski definition) is 6. The molecule has 1 saturated heterocycles. The molecule has 0 radical (unpaired) electrons. The lowest BCUT2D eigenvalue weighted by Crippen LogP contribution is -2.44. The summed E-state index contributed by atoms with van der Waals surface area (Å²) in [4.78, 5) is 19.4. The van der Waals surface area contributed by atoms with Crippen molar-refractivity contribution < 1.29 is 19.4 Å². The summed E-state index contributed by atoms with van der Waals surface area (Å²) >= 11 is 0. The Morgan fingerprint density at radius 3 is 2.44 bits per heavy atom. The number of carbonyl (C=O) groups excluding carboxylic acids is 1. The molecule has 5 rings (SSSR count). The Bertz CT molecular complexity index is 1440. The van der Waals surface area contributed by atoms with Crippen molar-refractivity contribution in [1.82, 2.24) is 15.2 Å². The number of urea groups is 1. The minimum Gasteiger partial charge on any atom is -0.392 e. The number of likely N-dealkylation sites (N-methyl/N-ethyl adjacent to an activating group) is 1. The maximum Gasteiger partial charge on any atom is 0.319 e. The molecule has 4 atom stereocenters. The maximum atomic E-state index is 12.6. The van der Waals surface area contributed by atoms with E-state index in [1.54, 1.807) is 0 Å². The molecule has 2 heterocycles. The van der Waals surface area contributed by atoms with E-state index in [1.165, 1.54) is 0 Å². The summed E-state index contributed by atoms with van der Waals surface area (Å²) < 4.78 is 13.2. The second-order valence-electron chi connectivity index (χ2n) is 11.1. The molecule has 0 aliphatic carbocycles. The van der Waals surface area contributed by atoms with Gasteiger partial charge in [-0.05, 0) is 48.0 Å². The zero-order valence-electron chi connectivity index (χ0n) is 24.7. The molecule has 1 aromatic heterocycles. The molecular weight excluding hydrogens is 540 g/mol. The number of pyridine rings is 1. The predicted octanol–water partition coefficient (Wildman–Crippen LogP) is 5.86. The Morgan fingerprint density at radius 1 is 0.907 bits per heavy atom. The number of rotatable bonds is 11. The SMILES string of the molecule is C[C@@H]1[C@H](CN(C)CCc2ccccn2)O[C@H](c2cccc(NC(=O)NCc3ccccc3)c2)O[C@@H]1c1ccc(CO)cc1. The van der Waals surface area contributed by atoms with Gasteiger partial charge in [-0.2, -0.15) is 0 Å². The highest BCUT2D eigenvalue weighted by molar-refractivity contribution is 5.89. The van der Waals surface area contributed by atoms with Gasteiger partial charge in [0.15, 0.2) is 6.29 Å². The number of ether oxygens (including phenoxy) is 2. The smallest absolute Gasteiger partial charge is 0.319 e. The van der Waals surface area contributed by atoms with E-state index in [9.17, 15) is 9.90 Å². The number of aliphatic hydroxyl groups excluding tert-OH is 1. The normalized spacial score (nSPS) is 20.1. The summed E-state index contributed by atoms with van der Waals surface area (Å²) in [6.07, 6.45) is 1.73. The lowest BCUT2D eigenvalue weighted by molar-refractivity contribution is -0.275. The van der Waals surface area contributed by atoms with Crippen molar-refractivity contribution in [3.8, 4) is 0 Å². The molecule has 2 amide bonds. The number of nitrogens with one attached hydrogen (secondary N) is 2. The first-order valence-electron chi connectivity index (χ1n) is 14.8. The van der Waals surface area contributed by atoms with Crippen LogP contribution in [0.4, 0.5) is 10.5 Å². The van der Waals surface area contributed by atoms with Gasteiger partial charge in [-0.1, -0.05) is 79.7 Å². The van der Waals surface area contributed by atoms with Gasteiger partial charge in [0.05, 0.1) is 18.8 Å². The number of amides is 2. The van der Waals surface area contributed by atoms with Crippen LogP contribution in [-0.2, 0) is 29.0 Å². The lowest BCUT2D eigenvalue weighted by atomic mass is 9.90. The van der Waals surface area contributed by atoms with Crippen LogP contribution in [0.1, 0.15) is 47.3 Å². The minimum absolute atomic E-state index is 0.00446. The number of carbonyl (C=O) groups is 1. The van der Waals surface area contributed by atoms with Crippen LogP contribution in [0, 0.1) is 5.92 Å². The molecular formula is C35H40N4O4. The van der Waals surface area contributed by atoms with E-state index in [-0.39, 0.29) is 30.8 Å². The van der Waals surface area contributed by atoms with Gasteiger partial charge in [0.2, 0.25) is 0 Å². The van der Waals surface area contributed by atoms with E-state index in [2.05, 4.69) is 34.5 Å². The number of aromatic nitrogens is 1. The number of hydrogen-bond donors (Lipinski definition) is 3. The first kappa shape index (κ1) is 30.4. The van der Waals surface area contributed by atoms with Gasteiger partial charge in [0.25, 0.3) is 0 Å². The van der Waals surface area contributed by atoms with Crippen LogP contribution in [0.2, 0.25) is 0 Å². The average molecular weight is 581 g/mol. The zero-order valence-corrected chi connectivity index (χ0v) is 24.7. The largest absolute Gasteiger partial charge is 0.392 e. The highest BCUT2D eigenvalue weighted by Crippen LogP contribution is 2.42. The molecule has 0 saturated carbocycles. The fourth-order valence-electron chi connectivity index (χ4n) is 5.29. The van der Waals surface area contributed by atoms with E-state index < -0.39 is 6.29 Å². The molecule has 4 aromatic rings. The molecule has 1 fully saturated rings. The first-order chi connectivity index (χ1) is 21.0. The van der Waals surface area contributed by atoms with Gasteiger partial charge < -0.3 is 30.1 Å². The highest BCUT2D eigenvalue weighted by atomic mass is 16.7. The third-order valence-electron chi connectivity index (χ3n) is 7.80. The lowest BCUT2D eigenvalue weighted by Gasteiger charge is -2.42. The minimum atomic E-state index is -0.623. The van der Waals surface area contributed by atoms with Gasteiger partial charge in [0, 0.05) is 55.1 Å². The van der Waals surface area contributed by atoms with Crippen LogP contribution in [0.5, 0.6) is 0 Å². The molecule has 3 aromatic carbocycles. The van der Waals surface area contributed by atoms with Crippen LogP contribution in [0.15, 0.2) is 103 Å². The number of aliphatic hydroxyl groups is 1. The fourth-order valence-corrected chi connectivity index (χ4v) is 5.29. The summed E-state index contributed by atoms with van der Waals surface area (Å²) in [5.74, 6) is 0.0681. The van der Waals surface area contributed by atoms with Gasteiger partial charge >= 0.3 is 6.03 Å². The van der Waals surface area contributed by atoms with E-state index in [4.69, 9.17) is 9.47 Å². The summed E-state index contributed by atoms with van der Waals surface area (Å²) in [7, 11) is 2.10. The first-order valence-corrected chi connectivity index (χ1v) is 14.8. The predicted molar refractivity (Wildman–Crippen MR) is 167 cm³/mol. The monoisotopic (exact) mass is 580 g/mol. The van der Waals surface area contributed by atoms with Gasteiger partial charge in [-0.15, -0.1) is 0 Å². The van der Waals surface area contributed by atoms with Crippen LogP contribution in [0.25, 0.3) is 0 Å². The average Bonchev–Trinajstić information content (AvgIpc) is 3.05. The summed E-state index contributed by atoms with van der Waals surface area (Å²) in [5, 5.41) is 15.4. The standard InChI is InChI=1S/C35H40N4O4/c1-25-32(23-39(2)20-18-30-12-6-7-19-36-30)42-34(43-33(25)28-16-14-27(24-40)15-17-28)29-11-8-13-31(21-29)38-35(41)37-22-26-9-4-3-5-10-26/h3-17,19,21,25,32-34,40H,18,20,22-24H2,1-2H3,(H2,37,38,41)/t25-,32+,33+,34+/m1/s1. The highest BCUT2D eigenvalue weighted by Gasteiger charge is 2.38. The summed E-state index contributed by atoms with van der Waals surface area (Å²) in [6.45, 7) is 4.16. The Balaban J connectivity index is 1.29. The van der Waals surface area contributed by atoms with Gasteiger partial charge in [0.1, 0.15) is 0 Å². The Hall–Kier alpha value is -4.08. The third-order valence-corrected chi connectivity index (χ3v) is 7.80. The summed E-state index contributed by atoms with van der Waals surface area (Å²) in [6, 6.07) is 31.0. The van der Waals surface area contributed by atoms with Crippen molar-refractivity contribution in [2.45, 2.75) is 45.0 Å². The van der Waals surface area contributed by atoms with Crippen molar-refractivity contribution in [3.05, 3.63) is 131 Å². The van der Waals surface area contributed by atoms with Crippen molar-refractivity contribution in [1.29, 1.82) is 0 Å². The van der Waals surface area contributed by atoms with Crippen molar-refractivity contribution in [2.24, 2.45) is 5.92 Å². The number of benzene rings is 3. The van der Waals surface area contributed by atoms with Gasteiger partial charge in [-0.3, -0.25) is 4.98 Å². The molecule has 1 aliphatic heterocycles. The Kier molecular flexibility index (Phi) is 10.5. The van der Waals surface area contributed by atoms with Crippen molar-refractivity contribution in [2.75, 3.05) is 25.5 Å². The number of anilines is 1. The van der Waals surface area contributed by atoms with E-state index in [0.29, 0.717) is 12.2 Å². The topological polar surface area (TPSA) is 96.0 Å². The molecule has 224 valence electrons. The molecule has 0 bridgehead atoms. The molecule has 8 nitrogen and oxygen atoms in total. The molecule has 0 unspecified atom stereocenters. The molecule has 43 heavy (non-hydrogen) atoms. The van der Waals surface area contributed by atoms with Crippen molar-refractivity contribution >= 4 is 11.7 Å². The van der Waals surface area contributed by atoms with Crippen molar-refractivity contribution in [3.63, 3.8) is 0 Å². The van der Waals surface area contributed by atoms with E-state index in [0.717, 1.165) is 47.5 Å². The summed E-state index contributed by atoms with van der Waals surface area (Å²) in [5.41, 5.74) is 5.46. The van der Waals surface area contributed by atoms with Crippen LogP contribution >= 0.6 is 0 Å². The van der Waals surface area contributed by atoms with Crippen LogP contribution in [-0.4, -0.2) is 47.3 Å². The van der Waals surface area contributed by atoms with E-state index >= 15 is 0 Å². The number of nitrogens with zero attached hydrogens (tertiary/aromatic N) is 2. The maximum absolute atomic E-state index is 12.6. The Morgan fingerprint density at radius 2 is 1.70 bits per heavy atom. The molecule has 3 N–H and O–H groups in total. The molecule has 8 heteroatoms. The second kappa shape index (κ2) is 14.9. The van der Waals surface area contributed by atoms with Gasteiger partial charge in [-0.25, -0.2) is 4.79 Å². The molecule has 1 aliphatic rings. The quantitative estimate of drug-likeness (QED) is 0.206. The van der Waals surface area contributed by atoms with E-state index in [1.807, 2.05) is 103 Å². The van der Waals surface area contributed by atoms with Crippen LogP contribution in [0.3, 0.4) is 0 Å². The fraction of sp³-hybridized carbons (Fsp3) is 0.314.